The van der Waals surface area contributed by atoms with Crippen LogP contribution in [0.3, 0.4) is 0 Å². The van der Waals surface area contributed by atoms with Gasteiger partial charge in [-0.15, -0.1) is 0 Å². The molecule has 0 spiro atoms. The van der Waals surface area contributed by atoms with E-state index in [1.54, 1.807) is 67.3 Å². The van der Waals surface area contributed by atoms with Crippen LogP contribution in [0, 0.1) is 17.6 Å². The molecule has 0 fully saturated rings. The molecule has 4 aromatic heterocycles. The van der Waals surface area contributed by atoms with E-state index in [-0.39, 0.29) is 11.3 Å². The number of sulfonamides is 1. The van der Waals surface area contributed by atoms with Gasteiger partial charge in [-0.25, -0.2) is 36.9 Å². The molecule has 7 aromatic rings. The predicted octanol–water partition coefficient (Wildman–Crippen LogP) is 7.24. The zero-order chi connectivity index (χ0) is 39.8. The van der Waals surface area contributed by atoms with Crippen molar-refractivity contribution in [2.24, 2.45) is 0 Å². The Bertz CT molecular complexity index is 2620. The number of carbonyl (C=O) groups excluding carboxylic acids is 1. The quantitative estimate of drug-likeness (QED) is 0.0940. The third kappa shape index (κ3) is 9.37. The van der Waals surface area contributed by atoms with Gasteiger partial charge >= 0.3 is 5.97 Å². The van der Waals surface area contributed by atoms with Crippen molar-refractivity contribution in [2.45, 2.75) is 17.4 Å². The van der Waals surface area contributed by atoms with Crippen molar-refractivity contribution in [3.63, 3.8) is 0 Å². The standard InChI is InChI=1S/C35H24F3N5O5S.C4H3BrN2/c36-28-18-24(43-49(47,48)25-6-3-20(4-7-25)22-11-15-40-31(38)17-22)19-29(37)32(28)34(44)42-30(35(45)46)16-23-5-8-27(21-9-13-39-14-10-21)33-26(23)2-1-12-41-33;5-4-1-2-6-3-7-4/h1-15,17-19,30,43H,16H2,(H,42,44)(H,45,46);1-3H/t30-;/m0./s1. The number of carboxylic acid groups (broad SMARTS) is 1. The van der Waals surface area contributed by atoms with Gasteiger partial charge in [0.2, 0.25) is 5.95 Å². The van der Waals surface area contributed by atoms with E-state index < -0.39 is 56.8 Å². The van der Waals surface area contributed by atoms with E-state index in [0.717, 1.165) is 15.7 Å². The number of rotatable bonds is 10. The normalized spacial score (nSPS) is 11.6. The predicted molar refractivity (Wildman–Crippen MR) is 204 cm³/mol. The first-order chi connectivity index (χ1) is 26.9. The first-order valence-electron chi connectivity index (χ1n) is 16.4. The number of nitrogens with zero attached hydrogens (tertiary/aromatic N) is 5. The van der Waals surface area contributed by atoms with Crippen LogP contribution in [-0.2, 0) is 21.2 Å². The highest BCUT2D eigenvalue weighted by Crippen LogP contribution is 2.30. The number of pyridine rings is 3. The van der Waals surface area contributed by atoms with Gasteiger partial charge in [0.05, 0.1) is 16.1 Å². The summed E-state index contributed by atoms with van der Waals surface area (Å²) in [7, 11) is -4.35. The Balaban J connectivity index is 0.000000685. The molecule has 56 heavy (non-hydrogen) atoms. The highest BCUT2D eigenvalue weighted by molar-refractivity contribution is 9.10. The number of nitrogens with one attached hydrogen (secondary N) is 2. The summed E-state index contributed by atoms with van der Waals surface area (Å²) in [5, 5.41) is 12.7. The zero-order valence-corrected chi connectivity index (χ0v) is 31.0. The summed E-state index contributed by atoms with van der Waals surface area (Å²) in [5.74, 6) is -6.37. The fourth-order valence-corrected chi connectivity index (χ4v) is 6.82. The van der Waals surface area contributed by atoms with E-state index in [1.165, 1.54) is 48.9 Å². The molecule has 0 saturated carbocycles. The number of hydrogen-bond donors (Lipinski definition) is 3. The Morgan fingerprint density at radius 3 is 2.07 bits per heavy atom. The van der Waals surface area contributed by atoms with Gasteiger partial charge in [0.1, 0.15) is 34.2 Å². The van der Waals surface area contributed by atoms with Crippen LogP contribution >= 0.6 is 15.9 Å². The van der Waals surface area contributed by atoms with Crippen LogP contribution in [0.4, 0.5) is 18.9 Å². The van der Waals surface area contributed by atoms with E-state index in [0.29, 0.717) is 39.7 Å². The molecule has 4 heterocycles. The number of carbonyl (C=O) groups is 2. The van der Waals surface area contributed by atoms with Crippen LogP contribution in [-0.4, -0.2) is 56.4 Å². The molecular weight excluding hydrogens is 815 g/mol. The van der Waals surface area contributed by atoms with Crippen molar-refractivity contribution in [2.75, 3.05) is 4.72 Å². The number of amides is 1. The molecule has 282 valence electrons. The molecule has 3 N–H and O–H groups in total. The van der Waals surface area contributed by atoms with Gasteiger partial charge in [-0.05, 0) is 92.8 Å². The molecule has 0 aliphatic carbocycles. The first kappa shape index (κ1) is 39.1. The van der Waals surface area contributed by atoms with E-state index in [9.17, 15) is 27.5 Å². The largest absolute Gasteiger partial charge is 0.480 e. The Morgan fingerprint density at radius 2 is 1.45 bits per heavy atom. The fourth-order valence-electron chi connectivity index (χ4n) is 5.57. The van der Waals surface area contributed by atoms with Crippen molar-refractivity contribution < 1.29 is 36.3 Å². The SMILES string of the molecule is Brc1ccncn1.O=C(N[C@@H](Cc1ccc(-c2ccncc2)c2ncccc12)C(=O)O)c1c(F)cc(NS(=O)(=O)c2ccc(-c3ccnc(F)c3)cc2)cc1F. The minimum absolute atomic E-state index is 0.240. The Kier molecular flexibility index (Phi) is 12.1. The van der Waals surface area contributed by atoms with Crippen LogP contribution in [0.15, 0.2) is 138 Å². The van der Waals surface area contributed by atoms with E-state index in [1.807, 2.05) is 0 Å². The summed E-state index contributed by atoms with van der Waals surface area (Å²) >= 11 is 3.16. The molecule has 17 heteroatoms. The van der Waals surface area contributed by atoms with Gasteiger partial charge in [0, 0.05) is 54.4 Å². The number of aliphatic carboxylic acids is 1. The zero-order valence-electron chi connectivity index (χ0n) is 28.6. The van der Waals surface area contributed by atoms with Gasteiger partial charge in [0.25, 0.3) is 15.9 Å². The fraction of sp³-hybridized carbons (Fsp3) is 0.0513. The molecule has 0 aliphatic rings. The van der Waals surface area contributed by atoms with Crippen molar-refractivity contribution >= 4 is 54.4 Å². The van der Waals surface area contributed by atoms with Crippen molar-refractivity contribution in [3.8, 4) is 22.3 Å². The van der Waals surface area contributed by atoms with Crippen molar-refractivity contribution in [1.82, 2.24) is 30.2 Å². The summed E-state index contributed by atoms with van der Waals surface area (Å²) in [6.07, 6.45) is 9.03. The highest BCUT2D eigenvalue weighted by Gasteiger charge is 2.27. The average molecular weight is 843 g/mol. The topological polar surface area (TPSA) is 177 Å². The van der Waals surface area contributed by atoms with Gasteiger partial charge in [-0.1, -0.05) is 30.3 Å². The molecule has 0 radical (unpaired) electrons. The third-order valence-electron chi connectivity index (χ3n) is 8.17. The number of halogens is 4. The maximum atomic E-state index is 15.2. The van der Waals surface area contributed by atoms with Gasteiger partial charge in [-0.2, -0.15) is 4.39 Å². The number of hydrogen-bond acceptors (Lipinski definition) is 9. The summed E-state index contributed by atoms with van der Waals surface area (Å²) in [6.45, 7) is 0. The van der Waals surface area contributed by atoms with Crippen LogP contribution in [0.5, 0.6) is 0 Å². The van der Waals surface area contributed by atoms with Gasteiger partial charge in [-0.3, -0.25) is 19.5 Å². The van der Waals surface area contributed by atoms with Gasteiger partial charge in [0.15, 0.2) is 0 Å². The number of fused-ring (bicyclic) bond motifs is 1. The summed E-state index contributed by atoms with van der Waals surface area (Å²) < 4.78 is 72.6. The van der Waals surface area contributed by atoms with Crippen molar-refractivity contribution in [3.05, 3.63) is 162 Å². The highest BCUT2D eigenvalue weighted by atomic mass is 79.9. The Hall–Kier alpha value is -6.59. The number of anilines is 1. The molecule has 7 rings (SSSR count). The molecule has 12 nitrogen and oxygen atoms in total. The first-order valence-corrected chi connectivity index (χ1v) is 18.6. The lowest BCUT2D eigenvalue weighted by molar-refractivity contribution is -0.139. The molecule has 1 atom stereocenters. The third-order valence-corrected chi connectivity index (χ3v) is 10.0. The molecule has 0 aliphatic heterocycles. The second-order valence-electron chi connectivity index (χ2n) is 11.8. The lowest BCUT2D eigenvalue weighted by Gasteiger charge is -2.18. The number of aromatic nitrogens is 5. The van der Waals surface area contributed by atoms with Crippen LogP contribution in [0.2, 0.25) is 0 Å². The van der Waals surface area contributed by atoms with E-state index >= 15 is 8.78 Å². The maximum absolute atomic E-state index is 15.2. The average Bonchev–Trinajstić information content (AvgIpc) is 3.18. The molecule has 0 unspecified atom stereocenters. The molecule has 0 bridgehead atoms. The number of benzene rings is 3. The van der Waals surface area contributed by atoms with E-state index in [4.69, 9.17) is 0 Å². The Morgan fingerprint density at radius 1 is 0.750 bits per heavy atom. The smallest absolute Gasteiger partial charge is 0.326 e. The summed E-state index contributed by atoms with van der Waals surface area (Å²) in [4.78, 5) is 44.4. The van der Waals surface area contributed by atoms with Crippen LogP contribution in [0.1, 0.15) is 15.9 Å². The lowest BCUT2D eigenvalue weighted by Crippen LogP contribution is -2.43. The maximum Gasteiger partial charge on any atom is 0.326 e. The minimum Gasteiger partial charge on any atom is -0.480 e. The van der Waals surface area contributed by atoms with Crippen LogP contribution < -0.4 is 10.0 Å². The number of carboxylic acids is 1. The molecule has 3 aromatic carbocycles. The lowest BCUT2D eigenvalue weighted by atomic mass is 9.95. The monoisotopic (exact) mass is 841 g/mol. The Labute approximate surface area is 325 Å². The minimum atomic E-state index is -4.35. The van der Waals surface area contributed by atoms with Gasteiger partial charge < -0.3 is 10.4 Å². The summed E-state index contributed by atoms with van der Waals surface area (Å²) in [6, 6.07) is 19.9. The molecule has 0 saturated heterocycles. The molecule has 1 amide bonds. The second kappa shape index (κ2) is 17.3. The molecular formula is C39H27BrF3N7O5S. The van der Waals surface area contributed by atoms with Crippen molar-refractivity contribution in [1.29, 1.82) is 0 Å². The van der Waals surface area contributed by atoms with E-state index in [2.05, 4.69) is 50.9 Å². The van der Waals surface area contributed by atoms with Crippen LogP contribution in [0.25, 0.3) is 33.2 Å². The summed E-state index contributed by atoms with van der Waals surface area (Å²) in [5.41, 5.74) is 2.05. The second-order valence-corrected chi connectivity index (χ2v) is 14.3.